The van der Waals surface area contributed by atoms with Gasteiger partial charge in [0.05, 0.1) is 17.9 Å². The van der Waals surface area contributed by atoms with Gasteiger partial charge in [-0.25, -0.2) is 13.7 Å². The molecule has 2 aliphatic rings. The van der Waals surface area contributed by atoms with E-state index in [1.54, 1.807) is 29.2 Å². The fourth-order valence-corrected chi connectivity index (χ4v) is 4.31. The van der Waals surface area contributed by atoms with Crippen LogP contribution in [-0.4, -0.2) is 48.1 Å². The maximum atomic E-state index is 14.6. The molecule has 1 atom stereocenters. The summed E-state index contributed by atoms with van der Waals surface area (Å²) in [4.78, 5) is 29.6. The molecule has 1 saturated heterocycles. The van der Waals surface area contributed by atoms with E-state index in [2.05, 4.69) is 0 Å². The van der Waals surface area contributed by atoms with E-state index < -0.39 is 23.4 Å². The van der Waals surface area contributed by atoms with E-state index in [4.69, 9.17) is 4.74 Å². The summed E-state index contributed by atoms with van der Waals surface area (Å²) in [6.07, 6.45) is 2.42. The van der Waals surface area contributed by atoms with E-state index in [1.807, 2.05) is 6.92 Å². The zero-order chi connectivity index (χ0) is 23.5. The van der Waals surface area contributed by atoms with E-state index >= 15 is 0 Å². The molecule has 0 radical (unpaired) electrons. The van der Waals surface area contributed by atoms with Crippen LogP contribution >= 0.6 is 0 Å². The predicted molar refractivity (Wildman–Crippen MR) is 119 cm³/mol. The molecule has 0 saturated carbocycles. The van der Waals surface area contributed by atoms with Crippen molar-refractivity contribution in [2.45, 2.75) is 26.2 Å². The summed E-state index contributed by atoms with van der Waals surface area (Å²) in [5.74, 6) is -2.52. The summed E-state index contributed by atoms with van der Waals surface area (Å²) in [5.41, 5.74) is 0.536. The monoisotopic (exact) mass is 456 g/mol. The Kier molecular flexibility index (Phi) is 6.74. The van der Waals surface area contributed by atoms with Gasteiger partial charge in [0.25, 0.3) is 11.8 Å². The Morgan fingerprint density at radius 1 is 1.09 bits per heavy atom. The van der Waals surface area contributed by atoms with Gasteiger partial charge in [0.1, 0.15) is 23.1 Å². The minimum atomic E-state index is -0.993. The van der Waals surface area contributed by atoms with Crippen LogP contribution < -0.4 is 9.64 Å². The molecule has 2 heterocycles. The second-order valence-electron chi connectivity index (χ2n) is 8.27. The summed E-state index contributed by atoms with van der Waals surface area (Å²) >= 11 is 0. The second kappa shape index (κ2) is 9.70. The van der Waals surface area contributed by atoms with Gasteiger partial charge in [-0.2, -0.15) is 0 Å². The van der Waals surface area contributed by atoms with Crippen molar-refractivity contribution in [2.24, 2.45) is 5.92 Å². The third-order valence-corrected chi connectivity index (χ3v) is 5.92. The molecule has 8 heteroatoms. The Labute approximate surface area is 191 Å². The molecule has 2 aliphatic heterocycles. The highest BCUT2D eigenvalue weighted by Gasteiger charge is 2.44. The number of rotatable bonds is 7. The summed E-state index contributed by atoms with van der Waals surface area (Å²) in [7, 11) is 0. The number of anilines is 1. The van der Waals surface area contributed by atoms with Gasteiger partial charge in [-0.05, 0) is 55.0 Å². The van der Waals surface area contributed by atoms with Crippen LogP contribution in [-0.2, 0) is 9.59 Å². The molecule has 33 heavy (non-hydrogen) atoms. The lowest BCUT2D eigenvalue weighted by molar-refractivity contribution is -0.121. The van der Waals surface area contributed by atoms with Crippen molar-refractivity contribution >= 4 is 23.1 Å². The van der Waals surface area contributed by atoms with Crippen molar-refractivity contribution in [3.63, 3.8) is 0 Å². The Hall–Kier alpha value is -3.26. The summed E-state index contributed by atoms with van der Waals surface area (Å²) in [5, 5.41) is 9.64. The average Bonchev–Trinajstić information content (AvgIpc) is 3.08. The van der Waals surface area contributed by atoms with Gasteiger partial charge in [0.15, 0.2) is 0 Å². The number of amides is 2. The lowest BCUT2D eigenvalue weighted by atomic mass is 9.97. The number of aliphatic hydroxyl groups excluding tert-OH is 1. The fourth-order valence-electron chi connectivity index (χ4n) is 4.31. The van der Waals surface area contributed by atoms with Crippen molar-refractivity contribution < 1.29 is 28.2 Å². The van der Waals surface area contributed by atoms with Crippen LogP contribution in [0.4, 0.5) is 14.5 Å². The first kappa shape index (κ1) is 22.9. The molecule has 0 spiro atoms. The van der Waals surface area contributed by atoms with Crippen molar-refractivity contribution in [3.8, 4) is 5.75 Å². The highest BCUT2D eigenvalue weighted by Crippen LogP contribution is 2.37. The third kappa shape index (κ3) is 4.48. The number of carbonyl (C=O) groups excluding carboxylic acids is 2. The molecule has 2 amide bonds. The van der Waals surface area contributed by atoms with E-state index in [9.17, 15) is 23.5 Å². The number of hydrogen-bond acceptors (Lipinski definition) is 5. The zero-order valence-corrected chi connectivity index (χ0v) is 18.4. The molecule has 6 nitrogen and oxygen atoms in total. The Morgan fingerprint density at radius 2 is 1.85 bits per heavy atom. The quantitative estimate of drug-likeness (QED) is 0.643. The zero-order valence-electron chi connectivity index (χ0n) is 18.4. The van der Waals surface area contributed by atoms with Gasteiger partial charge in [-0.15, -0.1) is 0 Å². The van der Waals surface area contributed by atoms with Crippen LogP contribution in [0.25, 0.3) is 5.57 Å². The first-order valence-electron chi connectivity index (χ1n) is 11.1. The van der Waals surface area contributed by atoms with Crippen molar-refractivity contribution in [2.75, 3.05) is 31.2 Å². The number of likely N-dealkylation sites (tertiary alicyclic amines) is 1. The van der Waals surface area contributed by atoms with Gasteiger partial charge < -0.3 is 14.7 Å². The van der Waals surface area contributed by atoms with Gasteiger partial charge in [0.2, 0.25) is 0 Å². The van der Waals surface area contributed by atoms with Gasteiger partial charge >= 0.3 is 0 Å². The van der Waals surface area contributed by atoms with Crippen molar-refractivity contribution in [3.05, 3.63) is 65.4 Å². The summed E-state index contributed by atoms with van der Waals surface area (Å²) in [6, 6.07) is 9.60. The SMILES string of the molecule is CCCOc1ccc(C2=C(N3CCCC(CO)C3)C(=O)N(c3ccc(F)cc3F)C2=O)cc1. The normalized spacial score (nSPS) is 19.0. The largest absolute Gasteiger partial charge is 0.494 e. The molecule has 1 N–H and O–H groups in total. The fraction of sp³-hybridized carbons (Fsp3) is 0.360. The standard InChI is InChI=1S/C25H26F2N2O4/c1-2-12-33-19-8-5-17(6-9-19)22-23(28-11-3-4-16(14-28)15-30)25(32)29(24(22)31)21-10-7-18(26)13-20(21)27/h5-10,13,16,30H,2-4,11-12,14-15H2,1H3. The summed E-state index contributed by atoms with van der Waals surface area (Å²) in [6.45, 7) is 3.47. The molecule has 0 bridgehead atoms. The molecule has 1 fully saturated rings. The Bertz CT molecular complexity index is 1080. The number of ether oxygens (including phenoxy) is 1. The van der Waals surface area contributed by atoms with Gasteiger partial charge in [-0.3, -0.25) is 9.59 Å². The first-order chi connectivity index (χ1) is 15.9. The van der Waals surface area contributed by atoms with Crippen LogP contribution in [0.1, 0.15) is 31.7 Å². The molecule has 0 aromatic heterocycles. The topological polar surface area (TPSA) is 70.1 Å². The van der Waals surface area contributed by atoms with Crippen LogP contribution in [0.15, 0.2) is 48.2 Å². The van der Waals surface area contributed by atoms with Gasteiger partial charge in [0, 0.05) is 25.8 Å². The van der Waals surface area contributed by atoms with E-state index in [0.717, 1.165) is 36.3 Å². The number of halogens is 2. The van der Waals surface area contributed by atoms with Crippen LogP contribution in [0, 0.1) is 17.6 Å². The number of piperidine rings is 1. The molecule has 4 rings (SSSR count). The number of hydrogen-bond donors (Lipinski definition) is 1. The van der Waals surface area contributed by atoms with Crippen molar-refractivity contribution in [1.82, 2.24) is 4.90 Å². The second-order valence-corrected chi connectivity index (χ2v) is 8.27. The van der Waals surface area contributed by atoms with Crippen LogP contribution in [0.2, 0.25) is 0 Å². The highest BCUT2D eigenvalue weighted by atomic mass is 19.1. The van der Waals surface area contributed by atoms with E-state index in [0.29, 0.717) is 37.1 Å². The highest BCUT2D eigenvalue weighted by molar-refractivity contribution is 6.45. The number of imide groups is 1. The molecule has 1 unspecified atom stereocenters. The third-order valence-electron chi connectivity index (χ3n) is 5.92. The number of aliphatic hydroxyl groups is 1. The predicted octanol–water partition coefficient (Wildman–Crippen LogP) is 3.74. The first-order valence-corrected chi connectivity index (χ1v) is 11.1. The minimum absolute atomic E-state index is 0.0268. The van der Waals surface area contributed by atoms with E-state index in [-0.39, 0.29) is 29.5 Å². The lowest BCUT2D eigenvalue weighted by Crippen LogP contribution is -2.40. The van der Waals surface area contributed by atoms with E-state index in [1.165, 1.54) is 0 Å². The van der Waals surface area contributed by atoms with Gasteiger partial charge in [-0.1, -0.05) is 19.1 Å². The average molecular weight is 456 g/mol. The maximum absolute atomic E-state index is 14.6. The molecular formula is C25H26F2N2O4. The molecule has 2 aromatic carbocycles. The summed E-state index contributed by atoms with van der Waals surface area (Å²) < 4.78 is 33.6. The Balaban J connectivity index is 1.77. The number of benzene rings is 2. The molecule has 2 aromatic rings. The molecule has 0 aliphatic carbocycles. The molecular weight excluding hydrogens is 430 g/mol. The number of carbonyl (C=O) groups is 2. The van der Waals surface area contributed by atoms with Crippen LogP contribution in [0.3, 0.4) is 0 Å². The maximum Gasteiger partial charge on any atom is 0.282 e. The minimum Gasteiger partial charge on any atom is -0.494 e. The number of nitrogens with zero attached hydrogens (tertiary/aromatic N) is 2. The lowest BCUT2D eigenvalue weighted by Gasteiger charge is -2.34. The van der Waals surface area contributed by atoms with Crippen LogP contribution in [0.5, 0.6) is 5.75 Å². The smallest absolute Gasteiger partial charge is 0.282 e. The van der Waals surface area contributed by atoms with Crippen molar-refractivity contribution in [1.29, 1.82) is 0 Å². The Morgan fingerprint density at radius 3 is 2.52 bits per heavy atom. The molecule has 174 valence electrons.